The zero-order valence-electron chi connectivity index (χ0n) is 10.9. The van der Waals surface area contributed by atoms with E-state index in [-0.39, 0.29) is 11.3 Å². The van der Waals surface area contributed by atoms with Gasteiger partial charge in [0.2, 0.25) is 0 Å². The number of nitrogens with one attached hydrogen (secondary N) is 1. The van der Waals surface area contributed by atoms with Crippen LogP contribution in [0.25, 0.3) is 0 Å². The van der Waals surface area contributed by atoms with Crippen molar-refractivity contribution in [3.05, 3.63) is 67.1 Å². The van der Waals surface area contributed by atoms with Gasteiger partial charge in [0, 0.05) is 16.6 Å². The van der Waals surface area contributed by atoms with Crippen LogP contribution in [0.3, 0.4) is 0 Å². The fraction of sp³-hybridized carbons (Fsp3) is 0.0714. The molecule has 0 aromatic heterocycles. The van der Waals surface area contributed by atoms with Crippen LogP contribution in [0.4, 0.5) is 11.4 Å². The molecule has 2 aromatic rings. The minimum absolute atomic E-state index is 0.154. The molecular weight excluding hydrogens is 360 g/mol. The van der Waals surface area contributed by atoms with Crippen molar-refractivity contribution >= 4 is 44.8 Å². The van der Waals surface area contributed by atoms with Crippen LogP contribution in [0.5, 0.6) is 0 Å². The average Bonchev–Trinajstić information content (AvgIpc) is 2.42. The number of hydrogen-bond donors (Lipinski definition) is 1. The third kappa shape index (κ3) is 3.59. The molecule has 0 atom stereocenters. The quantitative estimate of drug-likeness (QED) is 0.636. The van der Waals surface area contributed by atoms with Crippen molar-refractivity contribution in [1.29, 1.82) is 0 Å². The summed E-state index contributed by atoms with van der Waals surface area (Å²) < 4.78 is 0.467. The van der Waals surface area contributed by atoms with Crippen LogP contribution >= 0.6 is 27.5 Å². The molecule has 2 rings (SSSR count). The Kier molecular flexibility index (Phi) is 4.59. The zero-order valence-corrected chi connectivity index (χ0v) is 13.2. The topological polar surface area (TPSA) is 72.2 Å². The minimum Gasteiger partial charge on any atom is -0.321 e. The van der Waals surface area contributed by atoms with Crippen LogP contribution in [0.15, 0.2) is 40.9 Å². The molecule has 2 aromatic carbocycles. The molecule has 0 aliphatic rings. The molecule has 0 radical (unpaired) electrons. The number of non-ortho nitro benzene ring substituents is 1. The maximum atomic E-state index is 12.2. The molecule has 0 unspecified atom stereocenters. The minimum atomic E-state index is -0.553. The smallest absolute Gasteiger partial charge is 0.270 e. The molecule has 21 heavy (non-hydrogen) atoms. The summed E-state index contributed by atoms with van der Waals surface area (Å²) in [6.07, 6.45) is 0. The van der Waals surface area contributed by atoms with E-state index >= 15 is 0 Å². The Morgan fingerprint density at radius 3 is 2.62 bits per heavy atom. The van der Waals surface area contributed by atoms with Crippen molar-refractivity contribution in [2.45, 2.75) is 6.92 Å². The van der Waals surface area contributed by atoms with Gasteiger partial charge in [-0.1, -0.05) is 17.7 Å². The van der Waals surface area contributed by atoms with Crippen molar-refractivity contribution in [2.24, 2.45) is 0 Å². The van der Waals surface area contributed by atoms with E-state index in [1.165, 1.54) is 18.2 Å². The monoisotopic (exact) mass is 368 g/mol. The Hall–Kier alpha value is -1.92. The first-order valence-electron chi connectivity index (χ1n) is 5.90. The van der Waals surface area contributed by atoms with Crippen LogP contribution in [0.2, 0.25) is 5.02 Å². The van der Waals surface area contributed by atoms with E-state index in [1.807, 2.05) is 13.0 Å². The normalized spacial score (nSPS) is 10.2. The molecule has 0 fully saturated rings. The number of nitro benzene ring substituents is 1. The summed E-state index contributed by atoms with van der Waals surface area (Å²) in [5.41, 5.74) is 1.43. The summed E-state index contributed by atoms with van der Waals surface area (Å²) in [6, 6.07) is 9.20. The lowest BCUT2D eigenvalue weighted by molar-refractivity contribution is -0.384. The van der Waals surface area contributed by atoms with Crippen LogP contribution in [0.1, 0.15) is 15.9 Å². The van der Waals surface area contributed by atoms with Crippen LogP contribution in [-0.2, 0) is 0 Å². The van der Waals surface area contributed by atoms with E-state index in [9.17, 15) is 14.9 Å². The predicted octanol–water partition coefficient (Wildman–Crippen LogP) is 4.57. The number of carbonyl (C=O) groups is 1. The van der Waals surface area contributed by atoms with Crippen molar-refractivity contribution in [2.75, 3.05) is 5.32 Å². The number of carbonyl (C=O) groups excluding carboxylic acids is 1. The molecule has 108 valence electrons. The highest BCUT2D eigenvalue weighted by atomic mass is 79.9. The maximum absolute atomic E-state index is 12.2. The number of nitrogens with zero attached hydrogens (tertiary/aromatic N) is 1. The molecular formula is C14H10BrClN2O3. The third-order valence-electron chi connectivity index (χ3n) is 2.78. The number of rotatable bonds is 3. The largest absolute Gasteiger partial charge is 0.321 e. The number of halogens is 2. The van der Waals surface area contributed by atoms with Gasteiger partial charge in [-0.05, 0) is 46.6 Å². The number of hydrogen-bond acceptors (Lipinski definition) is 3. The van der Waals surface area contributed by atoms with Gasteiger partial charge in [0.15, 0.2) is 0 Å². The second-order valence-electron chi connectivity index (χ2n) is 4.36. The average molecular weight is 370 g/mol. The lowest BCUT2D eigenvalue weighted by atomic mass is 10.1. The molecule has 0 bridgehead atoms. The van der Waals surface area contributed by atoms with Gasteiger partial charge in [0.25, 0.3) is 11.6 Å². The fourth-order valence-electron chi connectivity index (χ4n) is 1.71. The molecule has 0 saturated carbocycles. The standard InChI is InChI=1S/C14H10BrClN2O3/c1-8-2-5-13(12(16)6-8)17-14(19)10-7-9(18(20)21)3-4-11(10)15/h2-7H,1H3,(H,17,19). The van der Waals surface area contributed by atoms with Gasteiger partial charge < -0.3 is 5.32 Å². The number of nitro groups is 1. The van der Waals surface area contributed by atoms with E-state index in [2.05, 4.69) is 21.2 Å². The second kappa shape index (κ2) is 6.24. The van der Waals surface area contributed by atoms with E-state index in [4.69, 9.17) is 11.6 Å². The zero-order chi connectivity index (χ0) is 15.6. The first-order chi connectivity index (χ1) is 9.88. The molecule has 0 aliphatic carbocycles. The maximum Gasteiger partial charge on any atom is 0.270 e. The van der Waals surface area contributed by atoms with Gasteiger partial charge in [-0.15, -0.1) is 0 Å². The molecule has 5 nitrogen and oxygen atoms in total. The van der Waals surface area contributed by atoms with E-state index in [1.54, 1.807) is 12.1 Å². The van der Waals surface area contributed by atoms with E-state index in [0.717, 1.165) is 5.56 Å². The first-order valence-corrected chi connectivity index (χ1v) is 7.07. The summed E-state index contributed by atoms with van der Waals surface area (Å²) >= 11 is 9.26. The lowest BCUT2D eigenvalue weighted by Gasteiger charge is -2.09. The summed E-state index contributed by atoms with van der Waals surface area (Å²) in [5.74, 6) is -0.476. The molecule has 1 amide bonds. The van der Waals surface area contributed by atoms with Crippen LogP contribution in [-0.4, -0.2) is 10.8 Å². The first kappa shape index (κ1) is 15.5. The Morgan fingerprint density at radius 2 is 2.00 bits per heavy atom. The molecule has 1 N–H and O–H groups in total. The van der Waals surface area contributed by atoms with Gasteiger partial charge >= 0.3 is 0 Å². The lowest BCUT2D eigenvalue weighted by Crippen LogP contribution is -2.13. The summed E-state index contributed by atoms with van der Waals surface area (Å²) in [7, 11) is 0. The summed E-state index contributed by atoms with van der Waals surface area (Å²) in [6.45, 7) is 1.88. The molecule has 0 saturated heterocycles. The highest BCUT2D eigenvalue weighted by molar-refractivity contribution is 9.10. The third-order valence-corrected chi connectivity index (χ3v) is 3.78. The van der Waals surface area contributed by atoms with Gasteiger partial charge in [-0.3, -0.25) is 14.9 Å². The Bertz CT molecular complexity index is 734. The summed E-state index contributed by atoms with van der Waals surface area (Å²) in [5, 5.41) is 13.8. The van der Waals surface area contributed by atoms with E-state index in [0.29, 0.717) is 15.2 Å². The second-order valence-corrected chi connectivity index (χ2v) is 5.62. The van der Waals surface area contributed by atoms with Crippen LogP contribution in [0, 0.1) is 17.0 Å². The molecule has 0 heterocycles. The predicted molar refractivity (Wildman–Crippen MR) is 84.9 cm³/mol. The Labute approximate surface area is 134 Å². The van der Waals surface area contributed by atoms with E-state index < -0.39 is 10.8 Å². The summed E-state index contributed by atoms with van der Waals surface area (Å²) in [4.78, 5) is 22.4. The molecule has 0 aliphatic heterocycles. The number of amides is 1. The Balaban J connectivity index is 2.32. The number of benzene rings is 2. The van der Waals surface area contributed by atoms with Gasteiger partial charge in [-0.2, -0.15) is 0 Å². The molecule has 0 spiro atoms. The van der Waals surface area contributed by atoms with Crippen molar-refractivity contribution in [3.63, 3.8) is 0 Å². The highest BCUT2D eigenvalue weighted by Crippen LogP contribution is 2.26. The van der Waals surface area contributed by atoms with Crippen molar-refractivity contribution < 1.29 is 9.72 Å². The van der Waals surface area contributed by atoms with Gasteiger partial charge in [-0.25, -0.2) is 0 Å². The Morgan fingerprint density at radius 1 is 1.29 bits per heavy atom. The van der Waals surface area contributed by atoms with Gasteiger partial charge in [0.05, 0.1) is 21.2 Å². The number of anilines is 1. The number of aryl methyl sites for hydroxylation is 1. The molecule has 7 heteroatoms. The van der Waals surface area contributed by atoms with Gasteiger partial charge in [0.1, 0.15) is 0 Å². The van der Waals surface area contributed by atoms with Crippen LogP contribution < -0.4 is 5.32 Å². The fourth-order valence-corrected chi connectivity index (χ4v) is 2.42. The highest BCUT2D eigenvalue weighted by Gasteiger charge is 2.16. The van der Waals surface area contributed by atoms with Crippen molar-refractivity contribution in [3.8, 4) is 0 Å². The SMILES string of the molecule is Cc1ccc(NC(=O)c2cc([N+](=O)[O-])ccc2Br)c(Cl)c1. The van der Waals surface area contributed by atoms with Crippen molar-refractivity contribution in [1.82, 2.24) is 0 Å².